The molecule has 0 saturated heterocycles. The van der Waals surface area contributed by atoms with E-state index >= 15 is 0 Å². The first-order valence-electron chi connectivity index (χ1n) is 5.60. The lowest BCUT2D eigenvalue weighted by Crippen LogP contribution is -2.28. The predicted molar refractivity (Wildman–Crippen MR) is 69.4 cm³/mol. The van der Waals surface area contributed by atoms with Gasteiger partial charge in [0, 0.05) is 19.1 Å². The van der Waals surface area contributed by atoms with E-state index in [9.17, 15) is 12.8 Å². The summed E-state index contributed by atoms with van der Waals surface area (Å²) in [5, 5.41) is 10.9. The van der Waals surface area contributed by atoms with Crippen LogP contribution in [0.15, 0.2) is 23.1 Å². The molecule has 0 aromatic heterocycles. The smallest absolute Gasteiger partial charge is 0.238 e. The van der Waals surface area contributed by atoms with E-state index in [1.807, 2.05) is 13.8 Å². The van der Waals surface area contributed by atoms with Crippen molar-refractivity contribution in [1.29, 1.82) is 0 Å². The maximum atomic E-state index is 13.6. The van der Waals surface area contributed by atoms with Crippen LogP contribution in [0.4, 0.5) is 10.1 Å². The van der Waals surface area contributed by atoms with Gasteiger partial charge >= 0.3 is 0 Å². The number of hydrogen-bond acceptors (Lipinski definition) is 4. The number of benzene rings is 1. The van der Waals surface area contributed by atoms with Gasteiger partial charge in [-0.2, -0.15) is 0 Å². The van der Waals surface area contributed by atoms with Crippen molar-refractivity contribution in [2.24, 2.45) is 5.14 Å². The van der Waals surface area contributed by atoms with E-state index < -0.39 is 15.8 Å². The van der Waals surface area contributed by atoms with Gasteiger partial charge in [-0.05, 0) is 18.2 Å². The summed E-state index contributed by atoms with van der Waals surface area (Å²) in [5.41, 5.74) is 0.257. The van der Waals surface area contributed by atoms with Crippen LogP contribution in [0.25, 0.3) is 0 Å². The lowest BCUT2D eigenvalue weighted by Gasteiger charge is -2.11. The Morgan fingerprint density at radius 2 is 2.00 bits per heavy atom. The van der Waals surface area contributed by atoms with Crippen LogP contribution in [0.5, 0.6) is 0 Å². The zero-order valence-corrected chi connectivity index (χ0v) is 11.2. The summed E-state index contributed by atoms with van der Waals surface area (Å²) < 4.78 is 35.6. The van der Waals surface area contributed by atoms with Gasteiger partial charge in [0.25, 0.3) is 0 Å². The molecule has 1 aromatic carbocycles. The van der Waals surface area contributed by atoms with Crippen molar-refractivity contribution >= 4 is 15.7 Å². The van der Waals surface area contributed by atoms with Crippen molar-refractivity contribution in [1.82, 2.24) is 5.32 Å². The minimum atomic E-state index is -3.86. The lowest BCUT2D eigenvalue weighted by atomic mass is 10.3. The van der Waals surface area contributed by atoms with Gasteiger partial charge in [-0.3, -0.25) is 0 Å². The molecule has 1 rings (SSSR count). The van der Waals surface area contributed by atoms with E-state index in [2.05, 4.69) is 10.6 Å². The fourth-order valence-corrected chi connectivity index (χ4v) is 1.90. The maximum absolute atomic E-state index is 13.6. The van der Waals surface area contributed by atoms with Crippen molar-refractivity contribution in [3.63, 3.8) is 0 Å². The van der Waals surface area contributed by atoms with Crippen LogP contribution in [0.3, 0.4) is 0 Å². The number of rotatable bonds is 6. The summed E-state index contributed by atoms with van der Waals surface area (Å²) >= 11 is 0. The van der Waals surface area contributed by atoms with Crippen molar-refractivity contribution in [2.45, 2.75) is 24.8 Å². The normalized spacial score (nSPS) is 11.8. The summed E-state index contributed by atoms with van der Waals surface area (Å²) in [4.78, 5) is -0.231. The topological polar surface area (TPSA) is 84.2 Å². The summed E-state index contributed by atoms with van der Waals surface area (Å²) in [6.07, 6.45) is 0. The van der Waals surface area contributed by atoms with Crippen LogP contribution in [-0.2, 0) is 10.0 Å². The number of nitrogens with two attached hydrogens (primary N) is 1. The molecule has 0 spiro atoms. The van der Waals surface area contributed by atoms with Gasteiger partial charge in [0.15, 0.2) is 0 Å². The number of halogens is 1. The van der Waals surface area contributed by atoms with E-state index in [-0.39, 0.29) is 10.6 Å². The molecule has 0 heterocycles. The van der Waals surface area contributed by atoms with Crippen LogP contribution in [0.2, 0.25) is 0 Å². The lowest BCUT2D eigenvalue weighted by molar-refractivity contribution is 0.590. The Balaban J connectivity index is 2.64. The van der Waals surface area contributed by atoms with E-state index in [0.29, 0.717) is 19.1 Å². The third kappa shape index (κ3) is 4.59. The number of sulfonamides is 1. The van der Waals surface area contributed by atoms with Gasteiger partial charge in [0.1, 0.15) is 5.82 Å². The SMILES string of the molecule is CC(C)NCCNc1ccc(S(N)(=O)=O)cc1F. The third-order valence-electron chi connectivity index (χ3n) is 2.26. The average Bonchev–Trinajstić information content (AvgIpc) is 2.24. The van der Waals surface area contributed by atoms with E-state index in [1.165, 1.54) is 12.1 Å². The molecule has 0 radical (unpaired) electrons. The molecule has 0 aliphatic rings. The molecule has 0 atom stereocenters. The highest BCUT2D eigenvalue weighted by Crippen LogP contribution is 2.17. The Morgan fingerprint density at radius 3 is 2.50 bits per heavy atom. The molecule has 18 heavy (non-hydrogen) atoms. The average molecular weight is 275 g/mol. The van der Waals surface area contributed by atoms with Crippen molar-refractivity contribution in [2.75, 3.05) is 18.4 Å². The van der Waals surface area contributed by atoms with Crippen molar-refractivity contribution in [3.05, 3.63) is 24.0 Å². The first-order valence-corrected chi connectivity index (χ1v) is 7.15. The van der Waals surface area contributed by atoms with Gasteiger partial charge in [0.05, 0.1) is 10.6 Å². The zero-order chi connectivity index (χ0) is 13.8. The minimum Gasteiger partial charge on any atom is -0.381 e. The summed E-state index contributed by atoms with van der Waals surface area (Å²) in [5.74, 6) is -0.633. The van der Waals surface area contributed by atoms with Crippen molar-refractivity contribution in [3.8, 4) is 0 Å². The van der Waals surface area contributed by atoms with Gasteiger partial charge < -0.3 is 10.6 Å². The molecule has 0 fully saturated rings. The number of primary sulfonamides is 1. The fraction of sp³-hybridized carbons (Fsp3) is 0.455. The minimum absolute atomic E-state index is 0.231. The Bertz CT molecular complexity index is 503. The van der Waals surface area contributed by atoms with Gasteiger partial charge in [-0.15, -0.1) is 0 Å². The van der Waals surface area contributed by atoms with Gasteiger partial charge in [0.2, 0.25) is 10.0 Å². The molecule has 0 amide bonds. The fourth-order valence-electron chi connectivity index (χ4n) is 1.37. The zero-order valence-electron chi connectivity index (χ0n) is 10.4. The molecule has 0 aliphatic carbocycles. The predicted octanol–water partition coefficient (Wildman–Crippen LogP) is 0.883. The van der Waals surface area contributed by atoms with Crippen LogP contribution < -0.4 is 15.8 Å². The molecule has 0 bridgehead atoms. The molecule has 102 valence electrons. The van der Waals surface area contributed by atoms with E-state index in [0.717, 1.165) is 6.07 Å². The second kappa shape index (κ2) is 6.12. The molecule has 7 heteroatoms. The molecule has 4 N–H and O–H groups in total. The Labute approximate surface area is 107 Å². The molecule has 0 saturated carbocycles. The highest BCUT2D eigenvalue weighted by atomic mass is 32.2. The molecular weight excluding hydrogens is 257 g/mol. The first-order chi connectivity index (χ1) is 8.30. The summed E-state index contributed by atoms with van der Waals surface area (Å²) in [6, 6.07) is 3.91. The van der Waals surface area contributed by atoms with Crippen LogP contribution in [0, 0.1) is 5.82 Å². The molecule has 0 unspecified atom stereocenters. The monoisotopic (exact) mass is 275 g/mol. The highest BCUT2D eigenvalue weighted by molar-refractivity contribution is 7.89. The Hall–Kier alpha value is -1.18. The number of nitrogens with one attached hydrogen (secondary N) is 2. The second-order valence-corrected chi connectivity index (χ2v) is 5.78. The summed E-state index contributed by atoms with van der Waals surface area (Å²) in [6.45, 7) is 5.26. The van der Waals surface area contributed by atoms with E-state index in [1.54, 1.807) is 0 Å². The molecule has 1 aromatic rings. The van der Waals surface area contributed by atoms with Crippen LogP contribution in [0.1, 0.15) is 13.8 Å². The molecule has 0 aliphatic heterocycles. The highest BCUT2D eigenvalue weighted by Gasteiger charge is 2.11. The largest absolute Gasteiger partial charge is 0.381 e. The van der Waals surface area contributed by atoms with Gasteiger partial charge in [-0.1, -0.05) is 13.8 Å². The van der Waals surface area contributed by atoms with Crippen LogP contribution >= 0.6 is 0 Å². The van der Waals surface area contributed by atoms with Gasteiger partial charge in [-0.25, -0.2) is 17.9 Å². The maximum Gasteiger partial charge on any atom is 0.238 e. The standard InChI is InChI=1S/C11H18FN3O2S/c1-8(2)14-5-6-15-11-4-3-9(7-10(11)12)18(13,16)17/h3-4,7-8,14-15H,5-6H2,1-2H3,(H2,13,16,17). The quantitative estimate of drug-likeness (QED) is 0.673. The Morgan fingerprint density at radius 1 is 1.33 bits per heavy atom. The summed E-state index contributed by atoms with van der Waals surface area (Å²) in [7, 11) is -3.86. The number of hydrogen-bond donors (Lipinski definition) is 3. The molecule has 5 nitrogen and oxygen atoms in total. The third-order valence-corrected chi connectivity index (χ3v) is 3.17. The Kier molecular flexibility index (Phi) is 5.06. The molecular formula is C11H18FN3O2S. The van der Waals surface area contributed by atoms with Crippen LogP contribution in [-0.4, -0.2) is 27.5 Å². The second-order valence-electron chi connectivity index (χ2n) is 4.22. The first kappa shape index (κ1) is 14.9. The number of anilines is 1. The van der Waals surface area contributed by atoms with E-state index in [4.69, 9.17) is 5.14 Å². The van der Waals surface area contributed by atoms with Crippen molar-refractivity contribution < 1.29 is 12.8 Å².